The Kier molecular flexibility index (Phi) is 27.5. The zero-order valence-corrected chi connectivity index (χ0v) is 41.5. The predicted molar refractivity (Wildman–Crippen MR) is 248 cm³/mol. The lowest BCUT2D eigenvalue weighted by atomic mass is 9.95. The van der Waals surface area contributed by atoms with Crippen LogP contribution < -0.4 is 10.6 Å². The van der Waals surface area contributed by atoms with Crippen molar-refractivity contribution >= 4 is 11.8 Å². The molecule has 8 unspecified atom stereocenters. The first-order valence-electron chi connectivity index (χ1n) is 25.4. The van der Waals surface area contributed by atoms with E-state index in [2.05, 4.69) is 17.6 Å². The minimum atomic E-state index is -2.09. The Bertz CT molecular complexity index is 1570. The minimum absolute atomic E-state index is 0.0949. The van der Waals surface area contributed by atoms with Gasteiger partial charge in [0.15, 0.2) is 25.2 Å². The summed E-state index contributed by atoms with van der Waals surface area (Å²) in [4.78, 5) is 24.4. The standard InChI is InChI=1S/C47H84N2O23/c1-4-6-7-8-9-10-11-12-13-14-15-16-17-18-26(55)25(49-31(56)5-2)23-65-45-38(62)36(60)41(29(21-52)68-45)70-46-39(63)37(61)42(30(22-53)69-46)71-47-40(64)43(34(58)28(20-51)67-47)72-44-32(48-24(3)54)35(59)33(57)27(19-50)66-44/h17-18,25-30,32-47,50-53,55,57-64H,4-16,19-23H2,1-3H3,(H,48,54)(H,49,56)/b18-17+/t25-,26+,27?,28?,29?,30?,32?,33-,34-,35+,36+,37+,38?,39?,40?,41+,42-,43-,44-,45+,46-,47+/m0/s1. The highest BCUT2D eigenvalue weighted by Crippen LogP contribution is 2.35. The number of nitrogens with one attached hydrogen (secondary N) is 2. The molecule has 420 valence electrons. The van der Waals surface area contributed by atoms with E-state index in [4.69, 9.17) is 37.9 Å². The fourth-order valence-corrected chi connectivity index (χ4v) is 9.10. The first-order valence-corrected chi connectivity index (χ1v) is 25.4. The monoisotopic (exact) mass is 1040 g/mol. The predicted octanol–water partition coefficient (Wildman–Crippen LogP) is -4.07. The van der Waals surface area contributed by atoms with Crippen LogP contribution in [-0.2, 0) is 47.5 Å². The Balaban J connectivity index is 1.35. The molecular formula is C47H84N2O23. The Morgan fingerprint density at radius 3 is 1.53 bits per heavy atom. The van der Waals surface area contributed by atoms with E-state index in [9.17, 15) is 76.0 Å². The molecule has 4 fully saturated rings. The Hall–Kier alpha value is -2.16. The van der Waals surface area contributed by atoms with Crippen molar-refractivity contribution < 1.29 is 114 Å². The third-order valence-electron chi connectivity index (χ3n) is 13.4. The second-order valence-electron chi connectivity index (χ2n) is 19.0. The third-order valence-corrected chi connectivity index (χ3v) is 13.4. The van der Waals surface area contributed by atoms with Crippen molar-refractivity contribution in [3.05, 3.63) is 12.2 Å². The highest BCUT2D eigenvalue weighted by atomic mass is 16.8. The number of allylic oxidation sites excluding steroid dienone is 1. The van der Waals surface area contributed by atoms with Gasteiger partial charge in [0.25, 0.3) is 0 Å². The van der Waals surface area contributed by atoms with Crippen LogP contribution in [0.5, 0.6) is 0 Å². The summed E-state index contributed by atoms with van der Waals surface area (Å²) in [6.45, 7) is 0.965. The van der Waals surface area contributed by atoms with E-state index in [1.54, 1.807) is 13.0 Å². The zero-order valence-electron chi connectivity index (χ0n) is 41.5. The molecule has 72 heavy (non-hydrogen) atoms. The molecule has 0 saturated carbocycles. The lowest BCUT2D eigenvalue weighted by Crippen LogP contribution is -2.69. The summed E-state index contributed by atoms with van der Waals surface area (Å²) < 4.78 is 45.7. The number of carbonyl (C=O) groups excluding carboxylic acids is 2. The van der Waals surface area contributed by atoms with Crippen LogP contribution in [0.15, 0.2) is 12.2 Å². The number of ether oxygens (including phenoxy) is 8. The van der Waals surface area contributed by atoms with E-state index in [-0.39, 0.29) is 6.42 Å². The fourth-order valence-electron chi connectivity index (χ4n) is 9.10. The molecule has 0 bridgehead atoms. The van der Waals surface area contributed by atoms with Crippen molar-refractivity contribution in [1.29, 1.82) is 0 Å². The first kappa shape index (κ1) is 62.4. The molecule has 15 N–H and O–H groups in total. The van der Waals surface area contributed by atoms with E-state index in [0.717, 1.165) is 26.2 Å². The number of hydrogen-bond donors (Lipinski definition) is 15. The van der Waals surface area contributed by atoms with E-state index in [0.29, 0.717) is 6.42 Å². The number of rotatable bonds is 30. The molecule has 2 amide bonds. The summed E-state index contributed by atoms with van der Waals surface area (Å²) in [6.07, 6.45) is -17.9. The SMILES string of the molecule is CCCCCCCCCCCCC/C=C/[C@@H](O)[C@H](CO[C@@H]1OC(CO)[C@@H](O[C@@H]2OC(CO)[C@H](O[C@H]3OC(CO)[C@H](O)[C@H](O[C@@H]4OC(CO)[C@H](O)[C@H](O)C4NC(C)=O)C3O)[C@H](O)C2O)[C@H](O)C1O)NC(=O)CC. The first-order chi connectivity index (χ1) is 34.5. The number of unbranched alkanes of at least 4 members (excludes halogenated alkanes) is 11. The van der Waals surface area contributed by atoms with Crippen LogP contribution in [0, 0.1) is 0 Å². The molecule has 0 spiro atoms. The molecule has 25 nitrogen and oxygen atoms in total. The van der Waals surface area contributed by atoms with Crippen molar-refractivity contribution in [2.45, 2.75) is 239 Å². The summed E-state index contributed by atoms with van der Waals surface area (Å²) in [6, 6.07) is -2.52. The molecule has 25 heteroatoms. The molecular weight excluding hydrogens is 961 g/mol. The fraction of sp³-hybridized carbons (Fsp3) is 0.915. The molecule has 4 aliphatic heterocycles. The molecule has 0 aliphatic carbocycles. The lowest BCUT2D eigenvalue weighted by molar-refractivity contribution is -0.386. The van der Waals surface area contributed by atoms with Crippen LogP contribution in [0.1, 0.15) is 104 Å². The maximum atomic E-state index is 12.4. The van der Waals surface area contributed by atoms with E-state index >= 15 is 0 Å². The van der Waals surface area contributed by atoms with Gasteiger partial charge in [-0.25, -0.2) is 0 Å². The van der Waals surface area contributed by atoms with Crippen LogP contribution in [-0.4, -0.2) is 246 Å². The van der Waals surface area contributed by atoms with Crippen LogP contribution >= 0.6 is 0 Å². The number of aliphatic hydroxyl groups is 13. The van der Waals surface area contributed by atoms with Gasteiger partial charge in [-0.3, -0.25) is 9.59 Å². The van der Waals surface area contributed by atoms with Crippen LogP contribution in [0.3, 0.4) is 0 Å². The molecule has 4 aliphatic rings. The highest BCUT2D eigenvalue weighted by molar-refractivity contribution is 5.76. The Labute approximate surface area is 419 Å². The largest absolute Gasteiger partial charge is 0.394 e. The summed E-state index contributed by atoms with van der Waals surface area (Å²) in [5.74, 6) is -1.10. The van der Waals surface area contributed by atoms with Gasteiger partial charge in [0.2, 0.25) is 11.8 Å². The average molecular weight is 1050 g/mol. The van der Waals surface area contributed by atoms with Crippen LogP contribution in [0.2, 0.25) is 0 Å². The van der Waals surface area contributed by atoms with Gasteiger partial charge in [-0.05, 0) is 12.8 Å². The smallest absolute Gasteiger partial charge is 0.220 e. The van der Waals surface area contributed by atoms with Gasteiger partial charge in [0.05, 0.1) is 45.2 Å². The number of aliphatic hydroxyl groups excluding tert-OH is 13. The van der Waals surface area contributed by atoms with Crippen molar-refractivity contribution in [3.63, 3.8) is 0 Å². The van der Waals surface area contributed by atoms with Gasteiger partial charge in [0, 0.05) is 13.3 Å². The lowest BCUT2D eigenvalue weighted by Gasteiger charge is -2.49. The van der Waals surface area contributed by atoms with Gasteiger partial charge < -0.3 is 115 Å². The maximum Gasteiger partial charge on any atom is 0.220 e. The zero-order chi connectivity index (χ0) is 53.1. The van der Waals surface area contributed by atoms with Gasteiger partial charge in [-0.2, -0.15) is 0 Å². The average Bonchev–Trinajstić information content (AvgIpc) is 3.36. The van der Waals surface area contributed by atoms with Crippen molar-refractivity contribution in [1.82, 2.24) is 10.6 Å². The highest BCUT2D eigenvalue weighted by Gasteiger charge is 2.55. The number of carbonyl (C=O) groups is 2. The van der Waals surface area contributed by atoms with Crippen molar-refractivity contribution in [3.8, 4) is 0 Å². The van der Waals surface area contributed by atoms with E-state index < -0.39 is 180 Å². The molecule has 0 aromatic heterocycles. The quantitative estimate of drug-likeness (QED) is 0.0240. The van der Waals surface area contributed by atoms with E-state index in [1.165, 1.54) is 51.4 Å². The molecule has 22 atom stereocenters. The molecule has 0 radical (unpaired) electrons. The molecule has 4 heterocycles. The van der Waals surface area contributed by atoms with Gasteiger partial charge >= 0.3 is 0 Å². The molecule has 0 aromatic carbocycles. The second kappa shape index (κ2) is 31.8. The molecule has 4 saturated heterocycles. The van der Waals surface area contributed by atoms with Gasteiger partial charge in [-0.15, -0.1) is 0 Å². The number of amides is 2. The minimum Gasteiger partial charge on any atom is -0.394 e. The summed E-state index contributed by atoms with van der Waals surface area (Å²) >= 11 is 0. The van der Waals surface area contributed by atoms with Crippen LogP contribution in [0.25, 0.3) is 0 Å². The van der Waals surface area contributed by atoms with Crippen molar-refractivity contribution in [2.24, 2.45) is 0 Å². The normalized spacial score (nSPS) is 38.4. The van der Waals surface area contributed by atoms with Crippen LogP contribution in [0.4, 0.5) is 0 Å². The summed E-state index contributed by atoms with van der Waals surface area (Å²) in [5, 5.41) is 145. The molecule has 4 rings (SSSR count). The Morgan fingerprint density at radius 2 is 1.00 bits per heavy atom. The van der Waals surface area contributed by atoms with Gasteiger partial charge in [0.1, 0.15) is 97.6 Å². The second-order valence-corrected chi connectivity index (χ2v) is 19.0. The van der Waals surface area contributed by atoms with Gasteiger partial charge in [-0.1, -0.05) is 90.2 Å². The summed E-state index contributed by atoms with van der Waals surface area (Å²) in [5.41, 5.74) is 0. The van der Waals surface area contributed by atoms with E-state index in [1.807, 2.05) is 6.08 Å². The third kappa shape index (κ3) is 17.4. The Morgan fingerprint density at radius 1 is 0.542 bits per heavy atom. The topological polar surface area (TPSA) is 395 Å². The maximum absolute atomic E-state index is 12.4. The summed E-state index contributed by atoms with van der Waals surface area (Å²) in [7, 11) is 0. The number of hydrogen-bond acceptors (Lipinski definition) is 23. The van der Waals surface area contributed by atoms with Crippen molar-refractivity contribution in [2.75, 3.05) is 33.0 Å². The molecule has 0 aromatic rings.